The molecule has 1 aliphatic heterocycles. The third-order valence-corrected chi connectivity index (χ3v) is 9.64. The molecule has 6 N–H and O–H groups in total. The standard InChI is InChI=1S/C36H43NO15/c1-15-31(42)21(37-10-6-9-25(50-16(2)39)51-17(3)40)13-26(49-15)52-24-12-18(32(43)22(41)14-38)11-20-28(24)36(47)30-29(34(20)45)33(44)19-7-5-8-23(48-4)27(19)35(30)46/h5,7-8,15,18,21,24-26,31-32,37-38,42-43,45,47H,6,9-14H2,1-4H3/t15?,18?,21?,24-,26?,31?,32+/m0/s1. The van der Waals surface area contributed by atoms with Crippen LogP contribution in [0.1, 0.15) is 95.5 Å². The number of methoxy groups -OCH3 is 1. The fourth-order valence-corrected chi connectivity index (χ4v) is 7.22. The molecule has 3 aliphatic rings. The number of ketones is 3. The quantitative estimate of drug-likeness (QED) is 0.0624. The van der Waals surface area contributed by atoms with Gasteiger partial charge in [0.25, 0.3) is 0 Å². The van der Waals surface area contributed by atoms with Gasteiger partial charge in [-0.05, 0) is 44.7 Å². The minimum atomic E-state index is -1.70. The molecule has 5 rings (SSSR count). The van der Waals surface area contributed by atoms with Crippen molar-refractivity contribution in [2.45, 2.75) is 95.9 Å². The van der Waals surface area contributed by atoms with Crippen molar-refractivity contribution >= 4 is 29.3 Å². The predicted octanol–water partition coefficient (Wildman–Crippen LogP) is 1.11. The summed E-state index contributed by atoms with van der Waals surface area (Å²) in [6, 6.07) is 3.78. The Kier molecular flexibility index (Phi) is 12.0. The maximum atomic E-state index is 13.9. The average molecular weight is 730 g/mol. The second-order valence-electron chi connectivity index (χ2n) is 13.1. The summed E-state index contributed by atoms with van der Waals surface area (Å²) in [5, 5.41) is 57.9. The van der Waals surface area contributed by atoms with Gasteiger partial charge in [-0.25, -0.2) is 0 Å². The van der Waals surface area contributed by atoms with Crippen LogP contribution in [0.25, 0.3) is 0 Å². The number of benzene rings is 2. The molecule has 0 saturated carbocycles. The Labute approximate surface area is 298 Å². The fraction of sp³-hybridized carbons (Fsp3) is 0.528. The van der Waals surface area contributed by atoms with E-state index in [1.54, 1.807) is 6.92 Å². The number of ether oxygens (including phenoxy) is 5. The first kappa shape index (κ1) is 38.8. The molecule has 5 unspecified atom stereocenters. The van der Waals surface area contributed by atoms with E-state index >= 15 is 0 Å². The Morgan fingerprint density at radius 1 is 1.00 bits per heavy atom. The predicted molar refractivity (Wildman–Crippen MR) is 177 cm³/mol. The molecule has 0 aromatic heterocycles. The van der Waals surface area contributed by atoms with E-state index in [1.165, 1.54) is 39.2 Å². The molecule has 0 bridgehead atoms. The van der Waals surface area contributed by atoms with E-state index in [-0.39, 0.29) is 53.7 Å². The van der Waals surface area contributed by atoms with Crippen LogP contribution < -0.4 is 10.1 Å². The van der Waals surface area contributed by atoms with Crippen molar-refractivity contribution in [2.75, 3.05) is 20.3 Å². The van der Waals surface area contributed by atoms with Gasteiger partial charge < -0.3 is 54.5 Å². The summed E-state index contributed by atoms with van der Waals surface area (Å²) in [5.41, 5.74) is -1.09. The Hall–Kier alpha value is -4.45. The van der Waals surface area contributed by atoms with Crippen LogP contribution >= 0.6 is 0 Å². The second kappa shape index (κ2) is 16.1. The van der Waals surface area contributed by atoms with Gasteiger partial charge in [-0.1, -0.05) is 12.1 Å². The average Bonchev–Trinajstić information content (AvgIpc) is 3.10. The Morgan fingerprint density at radius 2 is 1.67 bits per heavy atom. The summed E-state index contributed by atoms with van der Waals surface area (Å²) in [6.45, 7) is 3.33. The second-order valence-corrected chi connectivity index (χ2v) is 13.1. The topological polar surface area (TPSA) is 245 Å². The van der Waals surface area contributed by atoms with Crippen LogP contribution in [0.3, 0.4) is 0 Å². The van der Waals surface area contributed by atoms with E-state index in [9.17, 15) is 49.5 Å². The van der Waals surface area contributed by atoms with Crippen LogP contribution in [0.2, 0.25) is 0 Å². The monoisotopic (exact) mass is 729 g/mol. The largest absolute Gasteiger partial charge is 0.507 e. The molecule has 16 nitrogen and oxygen atoms in total. The van der Waals surface area contributed by atoms with Crippen molar-refractivity contribution in [3.05, 3.63) is 51.6 Å². The first-order valence-electron chi connectivity index (χ1n) is 16.9. The number of hydrogen-bond acceptors (Lipinski definition) is 16. The lowest BCUT2D eigenvalue weighted by atomic mass is 9.73. The number of esters is 2. The molecule has 1 saturated heterocycles. The van der Waals surface area contributed by atoms with Crippen LogP contribution in [0.15, 0.2) is 18.2 Å². The Bertz CT molecular complexity index is 1720. The van der Waals surface area contributed by atoms with Crippen LogP contribution in [0.5, 0.6) is 17.2 Å². The smallest absolute Gasteiger partial charge is 0.305 e. The maximum absolute atomic E-state index is 13.9. The zero-order valence-corrected chi connectivity index (χ0v) is 29.1. The molecular weight excluding hydrogens is 686 g/mol. The molecule has 0 radical (unpaired) electrons. The molecule has 0 spiro atoms. The lowest BCUT2D eigenvalue weighted by Crippen LogP contribution is -2.54. The minimum absolute atomic E-state index is 0.0246. The van der Waals surface area contributed by atoms with Crippen molar-refractivity contribution in [3.63, 3.8) is 0 Å². The van der Waals surface area contributed by atoms with Crippen molar-refractivity contribution < 1.29 is 73.2 Å². The number of aliphatic hydroxyl groups excluding tert-OH is 3. The van der Waals surface area contributed by atoms with Gasteiger partial charge in [0, 0.05) is 49.4 Å². The van der Waals surface area contributed by atoms with Gasteiger partial charge in [-0.15, -0.1) is 0 Å². The number of nitrogens with one attached hydrogen (secondary N) is 1. The summed E-state index contributed by atoms with van der Waals surface area (Å²) in [4.78, 5) is 62.9. The van der Waals surface area contributed by atoms with E-state index in [4.69, 9.17) is 23.7 Å². The molecule has 1 heterocycles. The number of carbonyl (C=O) groups is 5. The van der Waals surface area contributed by atoms with E-state index in [2.05, 4.69) is 5.32 Å². The molecule has 16 heteroatoms. The number of carbonyl (C=O) groups excluding carboxylic acids is 5. The van der Waals surface area contributed by atoms with E-state index < -0.39 is 107 Å². The summed E-state index contributed by atoms with van der Waals surface area (Å²) >= 11 is 0. The van der Waals surface area contributed by atoms with Crippen LogP contribution in [0, 0.1) is 5.92 Å². The number of fused-ring (bicyclic) bond motifs is 3. The molecule has 2 aromatic carbocycles. The fourth-order valence-electron chi connectivity index (χ4n) is 7.22. The van der Waals surface area contributed by atoms with Gasteiger partial charge in [-0.3, -0.25) is 24.0 Å². The SMILES string of the molecule is COc1cccc2c1C(=O)c1c(O)c3c(c(O)c1C2=O)CC([C@@H](O)C(=O)CO)C[C@@H]3OC1CC(NCCCC(OC(C)=O)OC(C)=O)C(O)C(C)O1. The lowest BCUT2D eigenvalue weighted by molar-refractivity contribution is -0.247. The van der Waals surface area contributed by atoms with E-state index in [0.717, 1.165) is 0 Å². The van der Waals surface area contributed by atoms with E-state index in [1.807, 2.05) is 0 Å². The first-order chi connectivity index (χ1) is 24.7. The highest BCUT2D eigenvalue weighted by Crippen LogP contribution is 2.52. The molecule has 52 heavy (non-hydrogen) atoms. The molecule has 0 amide bonds. The molecular formula is C36H43NO15. The number of phenolic OH excluding ortho intramolecular Hbond substituents is 2. The van der Waals surface area contributed by atoms with Gasteiger partial charge in [0.2, 0.25) is 12.1 Å². The summed E-state index contributed by atoms with van der Waals surface area (Å²) in [5.74, 6) is -5.75. The highest BCUT2D eigenvalue weighted by atomic mass is 16.7. The summed E-state index contributed by atoms with van der Waals surface area (Å²) < 4.78 is 27.7. The van der Waals surface area contributed by atoms with Gasteiger partial charge in [0.1, 0.15) is 30.0 Å². The highest BCUT2D eigenvalue weighted by Gasteiger charge is 2.46. The van der Waals surface area contributed by atoms with Crippen molar-refractivity contribution in [2.24, 2.45) is 5.92 Å². The Balaban J connectivity index is 1.44. The van der Waals surface area contributed by atoms with Gasteiger partial charge >= 0.3 is 11.9 Å². The third kappa shape index (κ3) is 7.67. The van der Waals surface area contributed by atoms with Crippen LogP contribution in [-0.4, -0.2) is 112 Å². The van der Waals surface area contributed by atoms with E-state index in [0.29, 0.717) is 13.0 Å². The summed E-state index contributed by atoms with van der Waals surface area (Å²) in [7, 11) is 1.32. The normalized spacial score (nSPS) is 24.4. The maximum Gasteiger partial charge on any atom is 0.305 e. The molecule has 1 fully saturated rings. The van der Waals surface area contributed by atoms with Gasteiger partial charge in [0.15, 0.2) is 17.9 Å². The van der Waals surface area contributed by atoms with Crippen molar-refractivity contribution in [3.8, 4) is 17.2 Å². The number of phenols is 2. The lowest BCUT2D eigenvalue weighted by Gasteiger charge is -2.42. The van der Waals surface area contributed by atoms with Crippen molar-refractivity contribution in [1.29, 1.82) is 0 Å². The molecule has 2 aromatic rings. The van der Waals surface area contributed by atoms with Crippen molar-refractivity contribution in [1.82, 2.24) is 5.32 Å². The number of Topliss-reactive ketones (excluding diaryl/α,β-unsaturated/α-hetero) is 1. The molecule has 282 valence electrons. The molecule has 2 aliphatic carbocycles. The number of aliphatic hydroxyl groups is 3. The van der Waals surface area contributed by atoms with Crippen LogP contribution in [0.4, 0.5) is 0 Å². The molecule has 7 atom stereocenters. The summed E-state index contributed by atoms with van der Waals surface area (Å²) in [6.07, 6.45) is -6.57. The number of rotatable bonds is 13. The van der Waals surface area contributed by atoms with Gasteiger partial charge in [0.05, 0.1) is 42.1 Å². The zero-order valence-electron chi connectivity index (χ0n) is 29.1. The van der Waals surface area contributed by atoms with Gasteiger partial charge in [-0.2, -0.15) is 0 Å². The number of hydrogen-bond donors (Lipinski definition) is 6. The first-order valence-corrected chi connectivity index (χ1v) is 16.9. The van der Waals surface area contributed by atoms with Crippen LogP contribution in [-0.2, 0) is 39.8 Å². The zero-order chi connectivity index (χ0) is 38.0. The Morgan fingerprint density at radius 3 is 2.31 bits per heavy atom. The number of aromatic hydroxyl groups is 2. The third-order valence-electron chi connectivity index (χ3n) is 9.64. The highest BCUT2D eigenvalue weighted by molar-refractivity contribution is 6.31. The minimum Gasteiger partial charge on any atom is -0.507 e.